The second-order valence-electron chi connectivity index (χ2n) is 8.75. The van der Waals surface area contributed by atoms with Crippen molar-refractivity contribution in [1.29, 1.82) is 0 Å². The third kappa shape index (κ3) is 3.00. The maximum absolute atomic E-state index is 12.3. The summed E-state index contributed by atoms with van der Waals surface area (Å²) in [5, 5.41) is 31.2. The molecule has 0 aromatic carbocycles. The van der Waals surface area contributed by atoms with Crippen molar-refractivity contribution in [2.45, 2.75) is 70.9 Å². The van der Waals surface area contributed by atoms with Crippen LogP contribution in [0, 0.1) is 23.2 Å². The van der Waals surface area contributed by atoms with Gasteiger partial charge in [-0.05, 0) is 32.6 Å². The number of aliphatic hydroxyl groups excluding tert-OH is 2. The van der Waals surface area contributed by atoms with Gasteiger partial charge in [-0.2, -0.15) is 0 Å². The summed E-state index contributed by atoms with van der Waals surface area (Å²) in [4.78, 5) is 24.4. The van der Waals surface area contributed by atoms with E-state index in [-0.39, 0.29) is 11.8 Å². The molecule has 3 N–H and O–H groups in total. The standard InChI is InChI=1S/C20H30O7/c1-5-10(2)17(23)26-14-7-15(22)19(4)8-12-13(6-11(3)16(14)19)27-18(24)20(12,25)9-21/h5,11-16,21-22,25H,6-9H2,1-4H3. The number of esters is 2. The number of hydrogen-bond donors (Lipinski definition) is 3. The fourth-order valence-electron chi connectivity index (χ4n) is 5.50. The van der Waals surface area contributed by atoms with Crippen molar-refractivity contribution in [2.24, 2.45) is 23.2 Å². The van der Waals surface area contributed by atoms with E-state index >= 15 is 0 Å². The molecule has 2 aliphatic carbocycles. The van der Waals surface area contributed by atoms with Crippen molar-refractivity contribution in [3.8, 4) is 0 Å². The second-order valence-corrected chi connectivity index (χ2v) is 8.75. The number of hydrogen-bond acceptors (Lipinski definition) is 7. The average Bonchev–Trinajstić information content (AvgIpc) is 2.94. The number of carbonyl (C=O) groups is 2. The van der Waals surface area contributed by atoms with Crippen molar-refractivity contribution < 1.29 is 34.4 Å². The Morgan fingerprint density at radius 2 is 2.07 bits per heavy atom. The molecule has 8 atom stereocenters. The van der Waals surface area contributed by atoms with Crippen LogP contribution in [-0.4, -0.2) is 57.8 Å². The van der Waals surface area contributed by atoms with Gasteiger partial charge in [0, 0.05) is 29.2 Å². The monoisotopic (exact) mass is 382 g/mol. The van der Waals surface area contributed by atoms with Crippen LogP contribution < -0.4 is 0 Å². The SMILES string of the molecule is CC=C(C)C(=O)OC1CC(O)C2(C)CC3C(CC(C)C12)OC(=O)C3(O)CO. The van der Waals surface area contributed by atoms with Crippen LogP contribution in [0.5, 0.6) is 0 Å². The Morgan fingerprint density at radius 3 is 2.67 bits per heavy atom. The van der Waals surface area contributed by atoms with E-state index in [1.807, 2.05) is 13.8 Å². The summed E-state index contributed by atoms with van der Waals surface area (Å²) in [7, 11) is 0. The van der Waals surface area contributed by atoms with E-state index in [2.05, 4.69) is 0 Å². The Hall–Kier alpha value is -1.44. The molecule has 3 rings (SSSR count). The van der Waals surface area contributed by atoms with E-state index in [1.54, 1.807) is 19.9 Å². The van der Waals surface area contributed by atoms with E-state index in [9.17, 15) is 24.9 Å². The average molecular weight is 382 g/mol. The van der Waals surface area contributed by atoms with Crippen molar-refractivity contribution in [1.82, 2.24) is 0 Å². The molecule has 1 heterocycles. The summed E-state index contributed by atoms with van der Waals surface area (Å²) in [5.41, 5.74) is -2.09. The zero-order valence-corrected chi connectivity index (χ0v) is 16.3. The highest BCUT2D eigenvalue weighted by atomic mass is 16.6. The molecular weight excluding hydrogens is 352 g/mol. The minimum atomic E-state index is -1.95. The van der Waals surface area contributed by atoms with Crippen LogP contribution in [0.1, 0.15) is 47.0 Å². The van der Waals surface area contributed by atoms with Gasteiger partial charge in [-0.1, -0.05) is 19.9 Å². The minimum Gasteiger partial charge on any atom is -0.460 e. The van der Waals surface area contributed by atoms with Gasteiger partial charge in [0.25, 0.3) is 0 Å². The molecule has 0 radical (unpaired) electrons. The van der Waals surface area contributed by atoms with E-state index in [1.165, 1.54) is 0 Å². The lowest BCUT2D eigenvalue weighted by Crippen LogP contribution is -2.48. The fraction of sp³-hybridized carbons (Fsp3) is 0.800. The molecule has 152 valence electrons. The second kappa shape index (κ2) is 6.87. The van der Waals surface area contributed by atoms with Crippen LogP contribution >= 0.6 is 0 Å². The summed E-state index contributed by atoms with van der Waals surface area (Å²) in [5.74, 6) is -1.93. The van der Waals surface area contributed by atoms with Gasteiger partial charge in [0.2, 0.25) is 0 Å². The molecule has 0 spiro atoms. The first-order valence-corrected chi connectivity index (χ1v) is 9.64. The minimum absolute atomic E-state index is 0.000273. The van der Waals surface area contributed by atoms with Crippen LogP contribution in [0.3, 0.4) is 0 Å². The Balaban J connectivity index is 1.92. The molecule has 3 fully saturated rings. The molecule has 1 aliphatic heterocycles. The molecule has 0 aromatic rings. The predicted octanol–water partition coefficient (Wildman–Crippen LogP) is 0.946. The summed E-state index contributed by atoms with van der Waals surface area (Å²) in [6.07, 6.45) is 1.10. The van der Waals surface area contributed by atoms with Crippen molar-refractivity contribution in [3.05, 3.63) is 11.6 Å². The van der Waals surface area contributed by atoms with E-state index in [0.29, 0.717) is 24.8 Å². The first-order chi connectivity index (χ1) is 12.6. The topological polar surface area (TPSA) is 113 Å². The van der Waals surface area contributed by atoms with Gasteiger partial charge in [0.15, 0.2) is 5.60 Å². The Kier molecular flexibility index (Phi) is 5.16. The van der Waals surface area contributed by atoms with Crippen molar-refractivity contribution in [3.63, 3.8) is 0 Å². The van der Waals surface area contributed by atoms with E-state index < -0.39 is 53.8 Å². The highest BCUT2D eigenvalue weighted by Crippen LogP contribution is 2.58. The molecule has 27 heavy (non-hydrogen) atoms. The van der Waals surface area contributed by atoms with Crippen LogP contribution in [0.15, 0.2) is 11.6 Å². The highest BCUT2D eigenvalue weighted by molar-refractivity contribution is 5.87. The molecule has 1 saturated heterocycles. The lowest BCUT2D eigenvalue weighted by atomic mass is 9.67. The van der Waals surface area contributed by atoms with E-state index in [4.69, 9.17) is 9.47 Å². The smallest absolute Gasteiger partial charge is 0.341 e. The molecule has 0 bridgehead atoms. The maximum atomic E-state index is 12.3. The Labute approximate surface area is 159 Å². The molecule has 8 unspecified atom stereocenters. The Bertz CT molecular complexity index is 659. The number of allylic oxidation sites excluding steroid dienone is 1. The Morgan fingerprint density at radius 1 is 1.41 bits per heavy atom. The quantitative estimate of drug-likeness (QED) is 0.492. The highest BCUT2D eigenvalue weighted by Gasteiger charge is 2.65. The third-order valence-corrected chi connectivity index (χ3v) is 7.18. The van der Waals surface area contributed by atoms with Crippen LogP contribution in [0.2, 0.25) is 0 Å². The van der Waals surface area contributed by atoms with Gasteiger partial charge in [0.1, 0.15) is 12.2 Å². The molecule has 7 heteroatoms. The molecule has 0 amide bonds. The molecule has 2 saturated carbocycles. The number of aliphatic hydroxyl groups is 3. The van der Waals surface area contributed by atoms with Gasteiger partial charge < -0.3 is 24.8 Å². The first kappa shape index (κ1) is 20.3. The predicted molar refractivity (Wildman–Crippen MR) is 95.3 cm³/mol. The van der Waals surface area contributed by atoms with Gasteiger partial charge in [-0.3, -0.25) is 0 Å². The maximum Gasteiger partial charge on any atom is 0.341 e. The van der Waals surface area contributed by atoms with Crippen molar-refractivity contribution in [2.75, 3.05) is 6.61 Å². The van der Waals surface area contributed by atoms with Gasteiger partial charge in [-0.25, -0.2) is 9.59 Å². The molecule has 7 nitrogen and oxygen atoms in total. The number of ether oxygens (including phenoxy) is 2. The van der Waals surface area contributed by atoms with Crippen LogP contribution in [0.25, 0.3) is 0 Å². The lowest BCUT2D eigenvalue weighted by Gasteiger charge is -2.39. The number of fused-ring (bicyclic) bond motifs is 2. The molecular formula is C20H30O7. The summed E-state index contributed by atoms with van der Waals surface area (Å²) in [6.45, 7) is 6.66. The number of carbonyl (C=O) groups excluding carboxylic acids is 2. The zero-order valence-electron chi connectivity index (χ0n) is 16.3. The zero-order chi connectivity index (χ0) is 20.1. The van der Waals surface area contributed by atoms with E-state index in [0.717, 1.165) is 0 Å². The van der Waals surface area contributed by atoms with Crippen LogP contribution in [0.4, 0.5) is 0 Å². The molecule has 0 aromatic heterocycles. The van der Waals surface area contributed by atoms with Crippen molar-refractivity contribution >= 4 is 11.9 Å². The normalized spacial score (nSPS) is 47.1. The van der Waals surface area contributed by atoms with Gasteiger partial charge in [0.05, 0.1) is 12.7 Å². The number of rotatable bonds is 3. The first-order valence-electron chi connectivity index (χ1n) is 9.64. The third-order valence-electron chi connectivity index (χ3n) is 7.18. The van der Waals surface area contributed by atoms with Gasteiger partial charge in [-0.15, -0.1) is 0 Å². The molecule has 3 aliphatic rings. The lowest BCUT2D eigenvalue weighted by molar-refractivity contribution is -0.160. The summed E-state index contributed by atoms with van der Waals surface area (Å²) >= 11 is 0. The van der Waals surface area contributed by atoms with Gasteiger partial charge >= 0.3 is 11.9 Å². The summed E-state index contributed by atoms with van der Waals surface area (Å²) < 4.78 is 11.1. The fourth-order valence-corrected chi connectivity index (χ4v) is 5.50. The van der Waals surface area contributed by atoms with Crippen LogP contribution in [-0.2, 0) is 19.1 Å². The largest absolute Gasteiger partial charge is 0.460 e. The summed E-state index contributed by atoms with van der Waals surface area (Å²) in [6, 6.07) is 0.